The maximum atomic E-state index is 9.05. The minimum atomic E-state index is 0.188. The third kappa shape index (κ3) is 3.41. The second kappa shape index (κ2) is 7.45. The van der Waals surface area contributed by atoms with E-state index in [9.17, 15) is 0 Å². The Bertz CT molecular complexity index is 644. The number of hydrogen-bond donors (Lipinski definition) is 0. The summed E-state index contributed by atoms with van der Waals surface area (Å²) in [5.74, 6) is 1.28. The molecule has 3 rings (SSSR count). The number of methoxy groups -OCH3 is 1. The van der Waals surface area contributed by atoms with Crippen LogP contribution in [0.4, 0.5) is 11.4 Å². The van der Waals surface area contributed by atoms with Crippen molar-refractivity contribution in [3.8, 4) is 17.9 Å². The van der Waals surface area contributed by atoms with Crippen LogP contribution in [0.2, 0.25) is 0 Å². The van der Waals surface area contributed by atoms with Crippen molar-refractivity contribution in [2.75, 3.05) is 43.1 Å². The topological polar surface area (TPSA) is 63.3 Å². The van der Waals surface area contributed by atoms with Gasteiger partial charge >= 0.3 is 0 Å². The zero-order valence-corrected chi connectivity index (χ0v) is 14.2. The molecule has 0 aliphatic carbocycles. The summed E-state index contributed by atoms with van der Waals surface area (Å²) < 4.78 is 5.64. The Morgan fingerprint density at radius 3 is 1.96 bits per heavy atom. The molecule has 0 aromatic heterocycles. The molecule has 1 aromatic rings. The predicted molar refractivity (Wildman–Crippen MR) is 94.1 cm³/mol. The van der Waals surface area contributed by atoms with Crippen molar-refractivity contribution in [3.63, 3.8) is 0 Å². The van der Waals surface area contributed by atoms with E-state index in [1.54, 1.807) is 7.11 Å². The number of piperidine rings is 2. The molecule has 2 aliphatic heterocycles. The number of nitrogens with zero attached hydrogens (tertiary/aromatic N) is 4. The summed E-state index contributed by atoms with van der Waals surface area (Å²) in [6, 6.07) is 11.2. The van der Waals surface area contributed by atoms with Gasteiger partial charge in [0.05, 0.1) is 24.9 Å². The maximum absolute atomic E-state index is 9.05. The van der Waals surface area contributed by atoms with Gasteiger partial charge in [0, 0.05) is 49.8 Å². The highest BCUT2D eigenvalue weighted by atomic mass is 16.5. The molecule has 0 radical (unpaired) electrons. The monoisotopic (exact) mass is 324 g/mol. The van der Waals surface area contributed by atoms with Crippen molar-refractivity contribution in [1.82, 2.24) is 0 Å². The Balaban J connectivity index is 1.72. The molecule has 0 unspecified atom stereocenters. The van der Waals surface area contributed by atoms with Gasteiger partial charge < -0.3 is 14.5 Å². The first-order valence-corrected chi connectivity index (χ1v) is 8.72. The van der Waals surface area contributed by atoms with E-state index < -0.39 is 0 Å². The van der Waals surface area contributed by atoms with Gasteiger partial charge in [-0.25, -0.2) is 0 Å². The summed E-state index contributed by atoms with van der Waals surface area (Å²) in [4.78, 5) is 4.65. The Hall–Kier alpha value is -2.40. The van der Waals surface area contributed by atoms with Crippen LogP contribution < -0.4 is 14.5 Å². The van der Waals surface area contributed by atoms with E-state index in [4.69, 9.17) is 15.3 Å². The van der Waals surface area contributed by atoms with Crippen LogP contribution >= 0.6 is 0 Å². The third-order valence-electron chi connectivity index (χ3n) is 5.22. The zero-order chi connectivity index (χ0) is 16.9. The van der Waals surface area contributed by atoms with Crippen molar-refractivity contribution in [3.05, 3.63) is 18.2 Å². The molecule has 2 aliphatic rings. The van der Waals surface area contributed by atoms with Crippen LogP contribution in [0, 0.1) is 34.5 Å². The number of anilines is 2. The molecule has 0 N–H and O–H groups in total. The average Bonchev–Trinajstić information content (AvgIpc) is 2.67. The lowest BCUT2D eigenvalue weighted by Gasteiger charge is -2.34. The summed E-state index contributed by atoms with van der Waals surface area (Å²) in [5.41, 5.74) is 2.28. The van der Waals surface area contributed by atoms with Gasteiger partial charge in [0.1, 0.15) is 5.75 Å². The fourth-order valence-corrected chi connectivity index (χ4v) is 3.64. The Morgan fingerprint density at radius 2 is 1.46 bits per heavy atom. The number of benzene rings is 1. The van der Waals surface area contributed by atoms with Crippen LogP contribution in [0.5, 0.6) is 5.75 Å². The zero-order valence-electron chi connectivity index (χ0n) is 14.2. The Kier molecular flexibility index (Phi) is 5.11. The molecule has 0 bridgehead atoms. The lowest BCUT2D eigenvalue weighted by Crippen LogP contribution is -2.34. The molecule has 5 nitrogen and oxygen atoms in total. The molecular weight excluding hydrogens is 300 g/mol. The average molecular weight is 324 g/mol. The smallest absolute Gasteiger partial charge is 0.144 e. The normalized spacial score (nSPS) is 19.6. The molecule has 126 valence electrons. The second-order valence-electron chi connectivity index (χ2n) is 6.64. The highest BCUT2D eigenvalue weighted by Gasteiger charge is 2.23. The number of nitriles is 2. The predicted octanol–water partition coefficient (Wildman–Crippen LogP) is 3.18. The van der Waals surface area contributed by atoms with Gasteiger partial charge in [0.2, 0.25) is 0 Å². The lowest BCUT2D eigenvalue weighted by atomic mass is 9.97. The van der Waals surface area contributed by atoms with Gasteiger partial charge in [0.15, 0.2) is 0 Å². The maximum Gasteiger partial charge on any atom is 0.144 e. The van der Waals surface area contributed by atoms with Crippen molar-refractivity contribution < 1.29 is 4.74 Å². The molecule has 2 saturated heterocycles. The number of hydrogen-bond acceptors (Lipinski definition) is 5. The summed E-state index contributed by atoms with van der Waals surface area (Å²) in [6.45, 7) is 3.66. The molecule has 0 atom stereocenters. The molecule has 24 heavy (non-hydrogen) atoms. The van der Waals surface area contributed by atoms with E-state index in [0.717, 1.165) is 63.3 Å². The fraction of sp³-hybridized carbons (Fsp3) is 0.579. The van der Waals surface area contributed by atoms with E-state index in [0.29, 0.717) is 0 Å². The summed E-state index contributed by atoms with van der Waals surface area (Å²) >= 11 is 0. The van der Waals surface area contributed by atoms with Crippen molar-refractivity contribution in [1.29, 1.82) is 10.5 Å². The van der Waals surface area contributed by atoms with Crippen molar-refractivity contribution >= 4 is 11.4 Å². The van der Waals surface area contributed by atoms with Crippen molar-refractivity contribution in [2.45, 2.75) is 25.7 Å². The largest absolute Gasteiger partial charge is 0.495 e. The highest BCUT2D eigenvalue weighted by molar-refractivity contribution is 5.66. The van der Waals surface area contributed by atoms with Gasteiger partial charge in [-0.2, -0.15) is 10.5 Å². The Labute approximate surface area is 144 Å². The first-order valence-electron chi connectivity index (χ1n) is 8.72. The van der Waals surface area contributed by atoms with E-state index >= 15 is 0 Å². The van der Waals surface area contributed by atoms with Gasteiger partial charge in [-0.1, -0.05) is 0 Å². The van der Waals surface area contributed by atoms with Crippen LogP contribution in [-0.2, 0) is 0 Å². The molecule has 0 saturated carbocycles. The fourth-order valence-electron chi connectivity index (χ4n) is 3.64. The standard InChI is InChI=1S/C19H24N4O/c1-24-19-12-17(22-8-4-15(13-20)5-9-22)2-3-18(19)23-10-6-16(14-21)7-11-23/h2-3,12,15-16H,4-11H2,1H3. The lowest BCUT2D eigenvalue weighted by molar-refractivity contribution is 0.409. The third-order valence-corrected chi connectivity index (χ3v) is 5.22. The SMILES string of the molecule is COc1cc(N2CCC(C#N)CC2)ccc1N1CCC(C#N)CC1. The summed E-state index contributed by atoms with van der Waals surface area (Å²) in [6.07, 6.45) is 3.70. The molecule has 0 amide bonds. The van der Waals surface area contributed by atoms with Crippen LogP contribution in [-0.4, -0.2) is 33.3 Å². The molecule has 0 spiro atoms. The number of rotatable bonds is 3. The van der Waals surface area contributed by atoms with Gasteiger partial charge in [-0.3, -0.25) is 0 Å². The van der Waals surface area contributed by atoms with E-state index in [1.165, 1.54) is 5.69 Å². The summed E-state index contributed by atoms with van der Waals surface area (Å²) in [5, 5.41) is 18.1. The quantitative estimate of drug-likeness (QED) is 0.854. The molecule has 1 aromatic carbocycles. The molecule has 5 heteroatoms. The second-order valence-corrected chi connectivity index (χ2v) is 6.64. The first-order chi connectivity index (χ1) is 11.7. The van der Waals surface area contributed by atoms with Gasteiger partial charge in [-0.15, -0.1) is 0 Å². The molecular formula is C19H24N4O. The molecule has 2 fully saturated rings. The van der Waals surface area contributed by atoms with E-state index in [2.05, 4.69) is 40.1 Å². The van der Waals surface area contributed by atoms with Crippen LogP contribution in [0.25, 0.3) is 0 Å². The minimum absolute atomic E-state index is 0.188. The minimum Gasteiger partial charge on any atom is -0.495 e. The first kappa shape index (κ1) is 16.5. The summed E-state index contributed by atoms with van der Waals surface area (Å²) in [7, 11) is 1.71. The van der Waals surface area contributed by atoms with Gasteiger partial charge in [0.25, 0.3) is 0 Å². The van der Waals surface area contributed by atoms with Gasteiger partial charge in [-0.05, 0) is 37.8 Å². The Morgan fingerprint density at radius 1 is 0.917 bits per heavy atom. The van der Waals surface area contributed by atoms with Crippen LogP contribution in [0.15, 0.2) is 18.2 Å². The highest BCUT2D eigenvalue weighted by Crippen LogP contribution is 2.35. The van der Waals surface area contributed by atoms with Crippen molar-refractivity contribution in [2.24, 2.45) is 11.8 Å². The van der Waals surface area contributed by atoms with E-state index in [-0.39, 0.29) is 11.8 Å². The number of ether oxygens (including phenoxy) is 1. The van der Waals surface area contributed by atoms with E-state index in [1.807, 2.05) is 0 Å². The van der Waals surface area contributed by atoms with Crippen LogP contribution in [0.3, 0.4) is 0 Å². The molecule has 2 heterocycles. The van der Waals surface area contributed by atoms with Crippen LogP contribution in [0.1, 0.15) is 25.7 Å².